The van der Waals surface area contributed by atoms with E-state index in [0.717, 1.165) is 4.90 Å². The summed E-state index contributed by atoms with van der Waals surface area (Å²) in [6.45, 7) is 3.15. The molecule has 8 heteroatoms. The molecule has 0 aromatic carbocycles. The Labute approximate surface area is 114 Å². The molecule has 1 aromatic heterocycles. The Morgan fingerprint density at radius 2 is 1.95 bits per heavy atom. The van der Waals surface area contributed by atoms with Gasteiger partial charge in [0, 0.05) is 24.5 Å². The first-order valence-corrected chi connectivity index (χ1v) is 6.07. The minimum atomic E-state index is -4.48. The molecule has 0 aliphatic heterocycles. The number of rotatable bonds is 4. The second-order valence-corrected chi connectivity index (χ2v) is 5.36. The van der Waals surface area contributed by atoms with E-state index in [-0.39, 0.29) is 12.4 Å². The van der Waals surface area contributed by atoms with Crippen LogP contribution in [0.3, 0.4) is 0 Å². The summed E-state index contributed by atoms with van der Waals surface area (Å²) in [4.78, 5) is 16.7. The third-order valence-corrected chi connectivity index (χ3v) is 2.58. The van der Waals surface area contributed by atoms with Crippen molar-refractivity contribution in [1.29, 1.82) is 0 Å². The fourth-order valence-electron chi connectivity index (χ4n) is 1.74. The van der Waals surface area contributed by atoms with E-state index in [1.807, 2.05) is 0 Å². The summed E-state index contributed by atoms with van der Waals surface area (Å²) < 4.78 is 38.9. The number of hydrogen-bond donors (Lipinski definition) is 1. The molecular formula is C12H18F3N3O2. The molecule has 0 fully saturated rings. The van der Waals surface area contributed by atoms with Crippen LogP contribution in [0.15, 0.2) is 17.2 Å². The van der Waals surface area contributed by atoms with E-state index in [9.17, 15) is 18.0 Å². The van der Waals surface area contributed by atoms with Crippen LogP contribution in [0.2, 0.25) is 0 Å². The fraction of sp³-hybridized carbons (Fsp3) is 0.667. The Hall–Kier alpha value is -1.57. The molecule has 5 nitrogen and oxygen atoms in total. The smallest absolute Gasteiger partial charge is 0.395 e. The number of halogens is 3. The van der Waals surface area contributed by atoms with Crippen LogP contribution in [0.5, 0.6) is 0 Å². The number of aliphatic hydroxyl groups excluding tert-OH is 1. The van der Waals surface area contributed by atoms with E-state index >= 15 is 0 Å². The molecule has 0 saturated carbocycles. The summed E-state index contributed by atoms with van der Waals surface area (Å²) in [6, 6.07) is 0. The molecule has 0 spiro atoms. The Morgan fingerprint density at radius 1 is 1.35 bits per heavy atom. The maximum Gasteiger partial charge on any atom is 0.405 e. The normalized spacial score (nSPS) is 12.6. The lowest BCUT2D eigenvalue weighted by atomic mass is 10.1. The van der Waals surface area contributed by atoms with E-state index in [1.54, 1.807) is 20.8 Å². The van der Waals surface area contributed by atoms with Gasteiger partial charge in [-0.1, -0.05) is 0 Å². The Balaban J connectivity index is 3.25. The highest BCUT2D eigenvalue weighted by atomic mass is 19.4. The van der Waals surface area contributed by atoms with Crippen LogP contribution < -0.4 is 10.5 Å². The zero-order chi connectivity index (χ0) is 15.6. The fourth-order valence-corrected chi connectivity index (χ4v) is 1.74. The first kappa shape index (κ1) is 16.5. The molecule has 0 radical (unpaired) electrons. The van der Waals surface area contributed by atoms with Crippen LogP contribution >= 0.6 is 0 Å². The highest BCUT2D eigenvalue weighted by molar-refractivity contribution is 5.36. The number of alkyl halides is 3. The highest BCUT2D eigenvalue weighted by Gasteiger charge is 2.32. The summed E-state index contributed by atoms with van der Waals surface area (Å²) in [6.07, 6.45) is -1.77. The van der Waals surface area contributed by atoms with E-state index in [2.05, 4.69) is 4.98 Å². The van der Waals surface area contributed by atoms with Crippen molar-refractivity contribution in [2.75, 3.05) is 24.6 Å². The van der Waals surface area contributed by atoms with Crippen LogP contribution in [0.1, 0.15) is 20.8 Å². The first-order valence-electron chi connectivity index (χ1n) is 6.07. The van der Waals surface area contributed by atoms with Gasteiger partial charge in [0.05, 0.1) is 6.61 Å². The highest BCUT2D eigenvalue weighted by Crippen LogP contribution is 2.19. The molecule has 114 valence electrons. The van der Waals surface area contributed by atoms with Crippen molar-refractivity contribution in [2.24, 2.45) is 0 Å². The molecular weight excluding hydrogens is 275 g/mol. The van der Waals surface area contributed by atoms with Crippen LogP contribution in [0.25, 0.3) is 0 Å². The molecule has 1 heterocycles. The first-order chi connectivity index (χ1) is 9.06. The van der Waals surface area contributed by atoms with Crippen molar-refractivity contribution < 1.29 is 18.3 Å². The average molecular weight is 293 g/mol. The van der Waals surface area contributed by atoms with Gasteiger partial charge in [0.25, 0.3) is 5.56 Å². The third kappa shape index (κ3) is 4.22. The molecule has 1 aromatic rings. The number of aromatic nitrogens is 2. The Bertz CT molecular complexity index is 506. The Morgan fingerprint density at radius 3 is 2.40 bits per heavy atom. The molecule has 0 amide bonds. The van der Waals surface area contributed by atoms with Crippen LogP contribution in [0.4, 0.5) is 19.0 Å². The SMILES string of the molecule is CC(C)(C)n1ccnc(N(CCO)CC(F)(F)F)c1=O. The predicted molar refractivity (Wildman–Crippen MR) is 68.8 cm³/mol. The van der Waals surface area contributed by atoms with Gasteiger partial charge in [-0.05, 0) is 20.8 Å². The monoisotopic (exact) mass is 293 g/mol. The minimum Gasteiger partial charge on any atom is -0.395 e. The van der Waals surface area contributed by atoms with E-state index < -0.39 is 30.4 Å². The average Bonchev–Trinajstić information content (AvgIpc) is 2.25. The summed E-state index contributed by atoms with van der Waals surface area (Å²) in [7, 11) is 0. The number of hydrogen-bond acceptors (Lipinski definition) is 4. The zero-order valence-electron chi connectivity index (χ0n) is 11.6. The molecule has 1 rings (SSSR count). The second-order valence-electron chi connectivity index (χ2n) is 5.36. The van der Waals surface area contributed by atoms with E-state index in [0.29, 0.717) is 0 Å². The van der Waals surface area contributed by atoms with Crippen LogP contribution in [0, 0.1) is 0 Å². The maximum atomic E-state index is 12.5. The molecule has 0 saturated heterocycles. The number of aliphatic hydroxyl groups is 1. The summed E-state index contributed by atoms with van der Waals surface area (Å²) >= 11 is 0. The van der Waals surface area contributed by atoms with Gasteiger partial charge in [-0.15, -0.1) is 0 Å². The Kier molecular flexibility index (Phi) is 4.80. The number of anilines is 1. The topological polar surface area (TPSA) is 58.4 Å². The van der Waals surface area contributed by atoms with Crippen molar-refractivity contribution in [3.05, 3.63) is 22.7 Å². The number of nitrogens with zero attached hydrogens (tertiary/aromatic N) is 3. The lowest BCUT2D eigenvalue weighted by molar-refractivity contribution is -0.120. The molecule has 0 atom stereocenters. The molecule has 0 aliphatic carbocycles. The largest absolute Gasteiger partial charge is 0.405 e. The van der Waals surface area contributed by atoms with Gasteiger partial charge < -0.3 is 14.6 Å². The maximum absolute atomic E-state index is 12.5. The van der Waals surface area contributed by atoms with Gasteiger partial charge in [0.1, 0.15) is 6.54 Å². The van der Waals surface area contributed by atoms with Crippen LogP contribution in [-0.2, 0) is 5.54 Å². The zero-order valence-corrected chi connectivity index (χ0v) is 11.6. The summed E-state index contributed by atoms with van der Waals surface area (Å²) in [5, 5.41) is 8.87. The van der Waals surface area contributed by atoms with Gasteiger partial charge in [-0.3, -0.25) is 4.79 Å². The van der Waals surface area contributed by atoms with Crippen LogP contribution in [-0.4, -0.2) is 40.5 Å². The summed E-state index contributed by atoms with van der Waals surface area (Å²) in [5.41, 5.74) is -1.18. The van der Waals surface area contributed by atoms with Gasteiger partial charge in [0.15, 0.2) is 5.82 Å². The van der Waals surface area contributed by atoms with Crippen molar-refractivity contribution in [3.8, 4) is 0 Å². The van der Waals surface area contributed by atoms with Crippen molar-refractivity contribution in [3.63, 3.8) is 0 Å². The van der Waals surface area contributed by atoms with Gasteiger partial charge in [-0.2, -0.15) is 13.2 Å². The van der Waals surface area contributed by atoms with Gasteiger partial charge in [0.2, 0.25) is 0 Å². The van der Waals surface area contributed by atoms with E-state index in [4.69, 9.17) is 5.11 Å². The predicted octanol–water partition coefficient (Wildman–Crippen LogP) is 1.36. The van der Waals surface area contributed by atoms with Crippen molar-refractivity contribution >= 4 is 5.82 Å². The van der Waals surface area contributed by atoms with Gasteiger partial charge >= 0.3 is 6.18 Å². The molecule has 0 aliphatic rings. The third-order valence-electron chi connectivity index (χ3n) is 2.58. The molecule has 0 unspecified atom stereocenters. The lowest BCUT2D eigenvalue weighted by Gasteiger charge is -2.27. The molecule has 0 bridgehead atoms. The second kappa shape index (κ2) is 5.82. The van der Waals surface area contributed by atoms with Crippen molar-refractivity contribution in [2.45, 2.75) is 32.5 Å². The lowest BCUT2D eigenvalue weighted by Crippen LogP contribution is -2.43. The van der Waals surface area contributed by atoms with E-state index in [1.165, 1.54) is 17.0 Å². The standard InChI is InChI=1S/C12H18F3N3O2/c1-11(2,3)18-5-4-16-9(10(18)20)17(6-7-19)8-12(13,14)15/h4-5,19H,6-8H2,1-3H3. The molecule has 1 N–H and O–H groups in total. The van der Waals surface area contributed by atoms with Crippen molar-refractivity contribution in [1.82, 2.24) is 9.55 Å². The minimum absolute atomic E-state index is 0.310. The molecule has 20 heavy (non-hydrogen) atoms. The quantitative estimate of drug-likeness (QED) is 0.910. The summed E-state index contributed by atoms with van der Waals surface area (Å²) in [5.74, 6) is -0.311. The van der Waals surface area contributed by atoms with Gasteiger partial charge in [-0.25, -0.2) is 4.98 Å².